The van der Waals surface area contributed by atoms with Crippen LogP contribution in [0.15, 0.2) is 35.3 Å². The molecule has 0 saturated carbocycles. The van der Waals surface area contributed by atoms with E-state index in [1.165, 1.54) is 6.42 Å². The van der Waals surface area contributed by atoms with Crippen LogP contribution >= 0.6 is 11.3 Å². The number of nitriles is 1. The molecule has 9 heteroatoms. The molecule has 0 radical (unpaired) electrons. The smallest absolute Gasteiger partial charge is 0.266 e. The average Bonchev–Trinajstić information content (AvgIpc) is 3.32. The van der Waals surface area contributed by atoms with E-state index in [1.54, 1.807) is 41.4 Å². The Bertz CT molecular complexity index is 1130. The Kier molecular flexibility index (Phi) is 8.13. The van der Waals surface area contributed by atoms with Gasteiger partial charge in [-0.1, -0.05) is 18.2 Å². The van der Waals surface area contributed by atoms with Gasteiger partial charge in [-0.3, -0.25) is 9.59 Å². The highest BCUT2D eigenvalue weighted by Gasteiger charge is 2.28. The van der Waals surface area contributed by atoms with Gasteiger partial charge in [0.15, 0.2) is 0 Å². The fourth-order valence-corrected chi connectivity index (χ4v) is 5.45. The Morgan fingerprint density at radius 3 is 2.63 bits per heavy atom. The molecule has 184 valence electrons. The van der Waals surface area contributed by atoms with Gasteiger partial charge < -0.3 is 14.7 Å². The molecule has 0 unspecified atom stereocenters. The van der Waals surface area contributed by atoms with E-state index in [-0.39, 0.29) is 18.4 Å². The molecule has 0 bridgehead atoms. The van der Waals surface area contributed by atoms with Crippen molar-refractivity contribution in [2.45, 2.75) is 44.8 Å². The summed E-state index contributed by atoms with van der Waals surface area (Å²) in [6.07, 6.45) is 5.00. The minimum atomic E-state index is -0.867. The van der Waals surface area contributed by atoms with Crippen LogP contribution in [-0.2, 0) is 6.54 Å². The van der Waals surface area contributed by atoms with Crippen molar-refractivity contribution in [3.05, 3.63) is 51.2 Å². The van der Waals surface area contributed by atoms with Gasteiger partial charge in [0, 0.05) is 39.8 Å². The topological polar surface area (TPSA) is 80.0 Å². The van der Waals surface area contributed by atoms with Crippen molar-refractivity contribution in [3.63, 3.8) is 0 Å². The average molecular weight is 496 g/mol. The van der Waals surface area contributed by atoms with E-state index in [2.05, 4.69) is 16.0 Å². The summed E-state index contributed by atoms with van der Waals surface area (Å²) in [5, 5.41) is 9.39. The van der Waals surface area contributed by atoms with Gasteiger partial charge in [-0.2, -0.15) is 5.26 Å². The maximum atomic E-state index is 13.6. The second kappa shape index (κ2) is 11.5. The van der Waals surface area contributed by atoms with Gasteiger partial charge in [-0.25, -0.2) is 9.38 Å². The predicted octanol–water partition coefficient (Wildman–Crippen LogP) is 4.61. The normalized spacial score (nSPS) is 16.9. The molecule has 0 spiro atoms. The number of benzene rings is 1. The summed E-state index contributed by atoms with van der Waals surface area (Å²) in [6.45, 7) is 2.86. The molecule has 2 fully saturated rings. The summed E-state index contributed by atoms with van der Waals surface area (Å²) in [4.78, 5) is 37.4. The van der Waals surface area contributed by atoms with Gasteiger partial charge in [0.2, 0.25) is 0 Å². The molecule has 2 aliphatic heterocycles. The molecule has 0 N–H and O–H groups in total. The highest BCUT2D eigenvalue weighted by Crippen LogP contribution is 2.33. The number of carbonyl (C=O) groups excluding carboxylic acids is 2. The van der Waals surface area contributed by atoms with E-state index >= 15 is 0 Å². The van der Waals surface area contributed by atoms with Crippen LogP contribution in [0.2, 0.25) is 0 Å². The van der Waals surface area contributed by atoms with Crippen LogP contribution in [0.3, 0.4) is 0 Å². The zero-order valence-electron chi connectivity index (χ0n) is 20.0. The molecular formula is C26H30FN5O2S. The number of nitrogens with zero attached hydrogens (tertiary/aromatic N) is 5. The van der Waals surface area contributed by atoms with E-state index in [1.807, 2.05) is 12.1 Å². The van der Waals surface area contributed by atoms with Crippen LogP contribution < -0.4 is 0 Å². The number of amides is 2. The van der Waals surface area contributed by atoms with Crippen molar-refractivity contribution in [2.24, 2.45) is 4.99 Å². The van der Waals surface area contributed by atoms with Crippen LogP contribution in [0, 0.1) is 11.3 Å². The van der Waals surface area contributed by atoms with Gasteiger partial charge in [0.05, 0.1) is 28.5 Å². The zero-order chi connectivity index (χ0) is 24.8. The third-order valence-corrected chi connectivity index (χ3v) is 7.57. The standard InChI is InChI=1S/C26H30FN5O2S/c1-30(17-20-8-4-3-7-19(20)16-28)26(34)24-22(29-18-31-11-5-2-6-12-31)15-23(35-24)25(33)32-13-9-21(27)10-14-32/h3-4,7-8,15,18,21H,2,5-6,9-14,17H2,1H3. The molecule has 2 aliphatic rings. The molecule has 1 aromatic heterocycles. The highest BCUT2D eigenvalue weighted by atomic mass is 32.1. The number of alkyl halides is 1. The zero-order valence-corrected chi connectivity index (χ0v) is 20.8. The number of rotatable bonds is 6. The summed E-state index contributed by atoms with van der Waals surface area (Å²) in [7, 11) is 1.68. The minimum absolute atomic E-state index is 0.187. The van der Waals surface area contributed by atoms with Crippen molar-refractivity contribution in [1.82, 2.24) is 14.7 Å². The number of aliphatic imine (C=N–C) groups is 1. The summed E-state index contributed by atoms with van der Waals surface area (Å²) >= 11 is 1.13. The fraction of sp³-hybridized carbons (Fsp3) is 0.462. The largest absolute Gasteiger partial charge is 0.363 e. The second-order valence-electron chi connectivity index (χ2n) is 9.06. The lowest BCUT2D eigenvalue weighted by molar-refractivity contribution is 0.0671. The lowest BCUT2D eigenvalue weighted by Crippen LogP contribution is -2.38. The van der Waals surface area contributed by atoms with Crippen LogP contribution in [-0.4, -0.2) is 72.3 Å². The Labute approximate surface area is 209 Å². The van der Waals surface area contributed by atoms with Crippen LogP contribution in [0.25, 0.3) is 0 Å². The van der Waals surface area contributed by atoms with Crippen LogP contribution in [0.5, 0.6) is 0 Å². The third kappa shape index (κ3) is 6.06. The van der Waals surface area contributed by atoms with Crippen molar-refractivity contribution >= 4 is 35.2 Å². The SMILES string of the molecule is CN(Cc1ccccc1C#N)C(=O)c1sc(C(=O)N2CCC(F)CC2)cc1N=CN1CCCCC1. The quantitative estimate of drug-likeness (QED) is 0.433. The first-order valence-corrected chi connectivity index (χ1v) is 12.9. The van der Waals surface area contributed by atoms with Crippen molar-refractivity contribution < 1.29 is 14.0 Å². The summed E-state index contributed by atoms with van der Waals surface area (Å²) < 4.78 is 13.6. The first kappa shape index (κ1) is 24.9. The lowest BCUT2D eigenvalue weighted by atomic mass is 10.1. The van der Waals surface area contributed by atoms with Gasteiger partial charge in [0.1, 0.15) is 11.0 Å². The third-order valence-electron chi connectivity index (χ3n) is 6.47. The number of hydrogen-bond donors (Lipinski definition) is 0. The molecule has 2 saturated heterocycles. The van der Waals surface area contributed by atoms with E-state index < -0.39 is 6.17 Å². The monoisotopic (exact) mass is 495 g/mol. The van der Waals surface area contributed by atoms with Crippen molar-refractivity contribution in [3.8, 4) is 6.07 Å². The first-order chi connectivity index (χ1) is 17.0. The van der Waals surface area contributed by atoms with Gasteiger partial charge >= 0.3 is 0 Å². The molecule has 7 nitrogen and oxygen atoms in total. The second-order valence-corrected chi connectivity index (χ2v) is 10.1. The van der Waals surface area contributed by atoms with E-state index in [9.17, 15) is 19.2 Å². The summed E-state index contributed by atoms with van der Waals surface area (Å²) in [5.41, 5.74) is 1.75. The Morgan fingerprint density at radius 2 is 1.91 bits per heavy atom. The van der Waals surface area contributed by atoms with Crippen LogP contribution in [0.4, 0.5) is 10.1 Å². The molecule has 1 aromatic carbocycles. The predicted molar refractivity (Wildman–Crippen MR) is 135 cm³/mol. The van der Waals surface area contributed by atoms with E-state index in [4.69, 9.17) is 0 Å². The Morgan fingerprint density at radius 1 is 1.20 bits per heavy atom. The first-order valence-electron chi connectivity index (χ1n) is 12.0. The fourth-order valence-electron chi connectivity index (χ4n) is 4.39. The van der Waals surface area contributed by atoms with E-state index in [0.717, 1.165) is 42.8 Å². The number of thiophene rings is 1. The van der Waals surface area contributed by atoms with Gasteiger partial charge in [0.25, 0.3) is 11.8 Å². The maximum Gasteiger partial charge on any atom is 0.266 e. The van der Waals surface area contributed by atoms with Crippen molar-refractivity contribution in [2.75, 3.05) is 33.2 Å². The number of halogens is 1. The molecule has 0 aliphatic carbocycles. The number of piperidine rings is 2. The molecule has 2 amide bonds. The number of hydrogen-bond acceptors (Lipinski definition) is 5. The minimum Gasteiger partial charge on any atom is -0.363 e. The molecule has 0 atom stereocenters. The van der Waals surface area contributed by atoms with E-state index in [0.29, 0.717) is 46.9 Å². The molecule has 3 heterocycles. The van der Waals surface area contributed by atoms with Crippen LogP contribution in [0.1, 0.15) is 62.6 Å². The summed E-state index contributed by atoms with van der Waals surface area (Å²) in [6, 6.07) is 11.0. The molecule has 2 aromatic rings. The van der Waals surface area contributed by atoms with Gasteiger partial charge in [-0.05, 0) is 49.8 Å². The van der Waals surface area contributed by atoms with Crippen molar-refractivity contribution in [1.29, 1.82) is 5.26 Å². The maximum absolute atomic E-state index is 13.6. The summed E-state index contributed by atoms with van der Waals surface area (Å²) in [5.74, 6) is -0.442. The molecule has 4 rings (SSSR count). The number of likely N-dealkylation sites (tertiary alicyclic amines) is 2. The molecule has 35 heavy (non-hydrogen) atoms. The lowest BCUT2D eigenvalue weighted by Gasteiger charge is -2.28. The highest BCUT2D eigenvalue weighted by molar-refractivity contribution is 7.16. The Balaban J connectivity index is 1.58. The van der Waals surface area contributed by atoms with Gasteiger partial charge in [-0.15, -0.1) is 11.3 Å². The Hall–Kier alpha value is -3.25. The number of carbonyl (C=O) groups is 2. The molecular weight excluding hydrogens is 465 g/mol.